The van der Waals surface area contributed by atoms with Crippen molar-refractivity contribution in [2.24, 2.45) is 0 Å². The molecule has 4 aromatic rings. The smallest absolute Gasteiger partial charge is 0.267 e. The average Bonchev–Trinajstić information content (AvgIpc) is 2.64. The van der Waals surface area contributed by atoms with Gasteiger partial charge in [-0.25, -0.2) is 4.68 Å². The van der Waals surface area contributed by atoms with Crippen molar-refractivity contribution in [2.45, 2.75) is 6.54 Å². The second kappa shape index (κ2) is 6.54. The first-order chi connectivity index (χ1) is 12.2. The molecule has 4 rings (SSSR count). The molecule has 0 amide bonds. The van der Waals surface area contributed by atoms with E-state index in [1.54, 1.807) is 12.1 Å². The molecule has 0 saturated carbocycles. The van der Waals surface area contributed by atoms with E-state index in [1.807, 2.05) is 48.5 Å². The predicted molar refractivity (Wildman–Crippen MR) is 102 cm³/mol. The van der Waals surface area contributed by atoms with Crippen molar-refractivity contribution < 1.29 is 0 Å². The standard InChI is InChI=1S/C21H15ClN2O/c22-18-10-8-16(9-11-18)20-12-13-21(25)24(23-20)14-17-6-3-5-15-4-1-2-7-19(15)17/h1-13H,14H2. The fourth-order valence-electron chi connectivity index (χ4n) is 2.93. The minimum absolute atomic E-state index is 0.120. The van der Waals surface area contributed by atoms with Gasteiger partial charge in [0, 0.05) is 16.7 Å². The van der Waals surface area contributed by atoms with Gasteiger partial charge < -0.3 is 0 Å². The third-order valence-electron chi connectivity index (χ3n) is 4.21. The number of fused-ring (bicyclic) bond motifs is 1. The van der Waals surface area contributed by atoms with Gasteiger partial charge in [-0.15, -0.1) is 0 Å². The molecule has 25 heavy (non-hydrogen) atoms. The van der Waals surface area contributed by atoms with Gasteiger partial charge in [-0.3, -0.25) is 4.79 Å². The van der Waals surface area contributed by atoms with E-state index < -0.39 is 0 Å². The molecule has 0 fully saturated rings. The fourth-order valence-corrected chi connectivity index (χ4v) is 3.05. The van der Waals surface area contributed by atoms with Crippen LogP contribution >= 0.6 is 11.6 Å². The molecule has 1 aromatic heterocycles. The molecular formula is C21H15ClN2O. The maximum atomic E-state index is 12.3. The lowest BCUT2D eigenvalue weighted by molar-refractivity contribution is 0.645. The zero-order valence-corrected chi connectivity index (χ0v) is 14.1. The van der Waals surface area contributed by atoms with Gasteiger partial charge in [0.15, 0.2) is 0 Å². The summed E-state index contributed by atoms with van der Waals surface area (Å²) < 4.78 is 1.51. The number of hydrogen-bond acceptors (Lipinski definition) is 2. The van der Waals surface area contributed by atoms with E-state index in [1.165, 1.54) is 4.68 Å². The van der Waals surface area contributed by atoms with E-state index >= 15 is 0 Å². The summed E-state index contributed by atoms with van der Waals surface area (Å²) in [7, 11) is 0. The van der Waals surface area contributed by atoms with E-state index in [2.05, 4.69) is 23.3 Å². The van der Waals surface area contributed by atoms with Gasteiger partial charge in [0.05, 0.1) is 12.2 Å². The van der Waals surface area contributed by atoms with E-state index in [0.29, 0.717) is 11.6 Å². The van der Waals surface area contributed by atoms with Crippen LogP contribution in [0.1, 0.15) is 5.56 Å². The topological polar surface area (TPSA) is 34.9 Å². The summed E-state index contributed by atoms with van der Waals surface area (Å²) in [6.45, 7) is 0.432. The maximum Gasteiger partial charge on any atom is 0.267 e. The lowest BCUT2D eigenvalue weighted by atomic mass is 10.0. The van der Waals surface area contributed by atoms with Crippen LogP contribution in [0, 0.1) is 0 Å². The number of halogens is 1. The highest BCUT2D eigenvalue weighted by atomic mass is 35.5. The van der Waals surface area contributed by atoms with E-state index in [0.717, 1.165) is 27.6 Å². The monoisotopic (exact) mass is 346 g/mol. The molecule has 0 radical (unpaired) electrons. The van der Waals surface area contributed by atoms with Gasteiger partial charge in [0.25, 0.3) is 5.56 Å². The quantitative estimate of drug-likeness (QED) is 0.536. The van der Waals surface area contributed by atoms with Crippen LogP contribution in [0.5, 0.6) is 0 Å². The highest BCUT2D eigenvalue weighted by Gasteiger charge is 2.06. The van der Waals surface area contributed by atoms with Crippen LogP contribution < -0.4 is 5.56 Å². The minimum atomic E-state index is -0.120. The summed E-state index contributed by atoms with van der Waals surface area (Å²) in [6, 6.07) is 25.0. The van der Waals surface area contributed by atoms with Crippen LogP contribution in [0.4, 0.5) is 0 Å². The second-order valence-corrected chi connectivity index (χ2v) is 6.30. The van der Waals surface area contributed by atoms with Crippen LogP contribution in [-0.4, -0.2) is 9.78 Å². The first-order valence-electron chi connectivity index (χ1n) is 8.01. The van der Waals surface area contributed by atoms with Gasteiger partial charge in [0.1, 0.15) is 0 Å². The summed E-state index contributed by atoms with van der Waals surface area (Å²) in [4.78, 5) is 12.3. The largest absolute Gasteiger partial charge is 0.268 e. The van der Waals surface area contributed by atoms with Gasteiger partial charge >= 0.3 is 0 Å². The van der Waals surface area contributed by atoms with Gasteiger partial charge in [-0.2, -0.15) is 5.10 Å². The van der Waals surface area contributed by atoms with Crippen molar-refractivity contribution in [1.82, 2.24) is 9.78 Å². The van der Waals surface area contributed by atoms with Crippen LogP contribution in [0.15, 0.2) is 83.7 Å². The Morgan fingerprint density at radius 2 is 1.60 bits per heavy atom. The first-order valence-corrected chi connectivity index (χ1v) is 8.39. The predicted octanol–water partition coefficient (Wildman–Crippen LogP) is 4.77. The first kappa shape index (κ1) is 15.6. The van der Waals surface area contributed by atoms with Crippen LogP contribution in [0.2, 0.25) is 5.02 Å². The normalized spacial score (nSPS) is 10.9. The SMILES string of the molecule is O=c1ccc(-c2ccc(Cl)cc2)nn1Cc1cccc2ccccc12. The Balaban J connectivity index is 1.76. The van der Waals surface area contributed by atoms with Crippen molar-refractivity contribution >= 4 is 22.4 Å². The molecule has 122 valence electrons. The number of hydrogen-bond donors (Lipinski definition) is 0. The Kier molecular flexibility index (Phi) is 4.08. The zero-order chi connectivity index (χ0) is 17.2. The highest BCUT2D eigenvalue weighted by Crippen LogP contribution is 2.20. The number of aromatic nitrogens is 2. The Labute approximate surface area is 150 Å². The highest BCUT2D eigenvalue weighted by molar-refractivity contribution is 6.30. The molecule has 4 heteroatoms. The Morgan fingerprint density at radius 1 is 0.840 bits per heavy atom. The van der Waals surface area contributed by atoms with E-state index in [9.17, 15) is 4.79 Å². The molecule has 3 nitrogen and oxygen atoms in total. The molecule has 0 aliphatic heterocycles. The molecule has 0 atom stereocenters. The van der Waals surface area contributed by atoms with Crippen molar-refractivity contribution in [3.05, 3.63) is 99.8 Å². The third-order valence-corrected chi connectivity index (χ3v) is 4.46. The Morgan fingerprint density at radius 3 is 2.44 bits per heavy atom. The number of rotatable bonds is 3. The van der Waals surface area contributed by atoms with Crippen molar-refractivity contribution in [3.8, 4) is 11.3 Å². The lowest BCUT2D eigenvalue weighted by Gasteiger charge is -2.10. The lowest BCUT2D eigenvalue weighted by Crippen LogP contribution is -2.22. The maximum absolute atomic E-state index is 12.3. The van der Waals surface area contributed by atoms with Gasteiger partial charge in [-0.05, 0) is 34.5 Å². The van der Waals surface area contributed by atoms with Crippen LogP contribution in [0.25, 0.3) is 22.0 Å². The van der Waals surface area contributed by atoms with Crippen LogP contribution in [-0.2, 0) is 6.54 Å². The Bertz CT molecular complexity index is 1100. The molecule has 0 aliphatic rings. The fraction of sp³-hybridized carbons (Fsp3) is 0.0476. The molecule has 1 heterocycles. The van der Waals surface area contributed by atoms with Crippen molar-refractivity contribution in [1.29, 1.82) is 0 Å². The second-order valence-electron chi connectivity index (χ2n) is 5.86. The average molecular weight is 347 g/mol. The molecule has 0 unspecified atom stereocenters. The molecule has 3 aromatic carbocycles. The van der Waals surface area contributed by atoms with Crippen molar-refractivity contribution in [3.63, 3.8) is 0 Å². The van der Waals surface area contributed by atoms with E-state index in [4.69, 9.17) is 11.6 Å². The molecular weight excluding hydrogens is 332 g/mol. The van der Waals surface area contributed by atoms with Gasteiger partial charge in [0.2, 0.25) is 0 Å². The molecule has 0 saturated heterocycles. The van der Waals surface area contributed by atoms with Crippen molar-refractivity contribution in [2.75, 3.05) is 0 Å². The summed E-state index contributed by atoms with van der Waals surface area (Å²) in [5, 5.41) is 7.50. The summed E-state index contributed by atoms with van der Waals surface area (Å²) in [5.74, 6) is 0. The molecule has 0 bridgehead atoms. The summed E-state index contributed by atoms with van der Waals surface area (Å²) in [5.41, 5.74) is 2.62. The number of nitrogens with zero attached hydrogens (tertiary/aromatic N) is 2. The number of benzene rings is 3. The summed E-state index contributed by atoms with van der Waals surface area (Å²) in [6.07, 6.45) is 0. The molecule has 0 spiro atoms. The zero-order valence-electron chi connectivity index (χ0n) is 13.4. The molecule has 0 N–H and O–H groups in total. The van der Waals surface area contributed by atoms with Gasteiger partial charge in [-0.1, -0.05) is 66.2 Å². The molecule has 0 aliphatic carbocycles. The van der Waals surface area contributed by atoms with Crippen LogP contribution in [0.3, 0.4) is 0 Å². The third kappa shape index (κ3) is 3.19. The summed E-state index contributed by atoms with van der Waals surface area (Å²) >= 11 is 5.94. The minimum Gasteiger partial charge on any atom is -0.268 e. The van der Waals surface area contributed by atoms with E-state index in [-0.39, 0.29) is 5.56 Å². The Hall–Kier alpha value is -2.91.